The van der Waals surface area contributed by atoms with Gasteiger partial charge < -0.3 is 15.0 Å². The molecule has 23 heavy (non-hydrogen) atoms. The molecule has 6 nitrogen and oxygen atoms in total. The molecule has 1 fully saturated rings. The first-order chi connectivity index (χ1) is 11.0. The van der Waals surface area contributed by atoms with Crippen molar-refractivity contribution >= 4 is 22.8 Å². The summed E-state index contributed by atoms with van der Waals surface area (Å²) < 4.78 is 1.49. The number of aliphatic carboxylic acids is 1. The molecule has 120 valence electrons. The minimum Gasteiger partial charge on any atom is -0.481 e. The van der Waals surface area contributed by atoms with Crippen LogP contribution in [0.5, 0.6) is 0 Å². The molecule has 0 unspecified atom stereocenters. The number of aryl methyl sites for hydroxylation is 1. The Hall–Kier alpha value is -2.63. The van der Waals surface area contributed by atoms with Crippen LogP contribution in [0, 0.1) is 5.92 Å². The maximum Gasteiger partial charge on any atom is 0.308 e. The van der Waals surface area contributed by atoms with Crippen molar-refractivity contribution in [3.05, 3.63) is 46.2 Å². The molecule has 3 rings (SSSR count). The lowest BCUT2D eigenvalue weighted by molar-refractivity contribution is -0.142. The van der Waals surface area contributed by atoms with E-state index < -0.39 is 17.8 Å². The van der Waals surface area contributed by atoms with E-state index in [1.165, 1.54) is 10.6 Å². The van der Waals surface area contributed by atoms with Crippen molar-refractivity contribution in [1.82, 2.24) is 9.88 Å². The Morgan fingerprint density at radius 1 is 1.26 bits per heavy atom. The summed E-state index contributed by atoms with van der Waals surface area (Å²) in [5, 5.41) is 12.7. The van der Waals surface area contributed by atoms with Gasteiger partial charge in [0.1, 0.15) is 0 Å². The second-order valence-electron chi connectivity index (χ2n) is 5.93. The van der Waals surface area contributed by atoms with Crippen molar-refractivity contribution < 1.29 is 14.7 Å². The lowest BCUT2D eigenvalue weighted by Crippen LogP contribution is -2.40. The average molecular weight is 314 g/mol. The summed E-state index contributed by atoms with van der Waals surface area (Å²) in [6.07, 6.45) is 1.99. The fourth-order valence-electron chi connectivity index (χ4n) is 3.27. The van der Waals surface area contributed by atoms with E-state index in [2.05, 4.69) is 5.32 Å². The zero-order valence-corrected chi connectivity index (χ0v) is 12.8. The number of pyridine rings is 1. The van der Waals surface area contributed by atoms with Crippen LogP contribution in [0.3, 0.4) is 0 Å². The fraction of sp³-hybridized carbons (Fsp3) is 0.353. The minimum atomic E-state index is -0.887. The molecular weight excluding hydrogens is 296 g/mol. The Morgan fingerprint density at radius 3 is 2.74 bits per heavy atom. The molecule has 0 radical (unpaired) electrons. The van der Waals surface area contributed by atoms with Crippen molar-refractivity contribution in [2.24, 2.45) is 13.0 Å². The molecule has 0 aliphatic heterocycles. The molecule has 0 bridgehead atoms. The Labute approximate surface area is 132 Å². The van der Waals surface area contributed by atoms with Gasteiger partial charge >= 0.3 is 5.97 Å². The van der Waals surface area contributed by atoms with E-state index in [1.807, 2.05) is 0 Å². The highest BCUT2D eigenvalue weighted by atomic mass is 16.4. The monoisotopic (exact) mass is 314 g/mol. The molecule has 0 saturated heterocycles. The van der Waals surface area contributed by atoms with Gasteiger partial charge in [-0.1, -0.05) is 24.6 Å². The number of benzene rings is 1. The number of hydrogen-bond acceptors (Lipinski definition) is 3. The van der Waals surface area contributed by atoms with Gasteiger partial charge in [0.2, 0.25) is 0 Å². The van der Waals surface area contributed by atoms with E-state index in [0.29, 0.717) is 29.3 Å². The van der Waals surface area contributed by atoms with Crippen LogP contribution < -0.4 is 10.9 Å². The molecular formula is C17H18N2O4. The number of para-hydroxylation sites is 1. The fourth-order valence-corrected chi connectivity index (χ4v) is 3.27. The van der Waals surface area contributed by atoms with E-state index in [0.717, 1.165) is 6.42 Å². The number of fused-ring (bicyclic) bond motifs is 1. The third-order valence-corrected chi connectivity index (χ3v) is 4.55. The average Bonchev–Trinajstić information content (AvgIpc) is 2.99. The first kappa shape index (κ1) is 15.3. The summed E-state index contributed by atoms with van der Waals surface area (Å²) in [5.41, 5.74) is 0.696. The van der Waals surface area contributed by atoms with E-state index in [1.54, 1.807) is 31.3 Å². The van der Waals surface area contributed by atoms with E-state index >= 15 is 0 Å². The number of rotatable bonds is 3. The van der Waals surface area contributed by atoms with Crippen molar-refractivity contribution in [1.29, 1.82) is 0 Å². The lowest BCUT2D eigenvalue weighted by atomic mass is 10.0. The Morgan fingerprint density at radius 2 is 2.00 bits per heavy atom. The molecule has 1 amide bonds. The quantitative estimate of drug-likeness (QED) is 0.899. The summed E-state index contributed by atoms with van der Waals surface area (Å²) in [6, 6.07) is 8.10. The summed E-state index contributed by atoms with van der Waals surface area (Å²) >= 11 is 0. The standard InChI is InChI=1S/C17H18N2O4/c1-19-14-8-3-2-5-10(14)12(9-15(19)20)16(21)18-13-7-4-6-11(13)17(22)23/h2-3,5,8-9,11,13H,4,6-7H2,1H3,(H,18,21)(H,22,23)/t11-,13+/m0/s1. The molecule has 1 aromatic carbocycles. The maximum atomic E-state index is 12.6. The Bertz CT molecular complexity index is 840. The summed E-state index contributed by atoms with van der Waals surface area (Å²) in [7, 11) is 1.66. The van der Waals surface area contributed by atoms with Crippen LogP contribution in [0.1, 0.15) is 29.6 Å². The number of carbonyl (C=O) groups is 2. The number of carboxylic acid groups (broad SMARTS) is 1. The van der Waals surface area contributed by atoms with Crippen LogP contribution in [0.2, 0.25) is 0 Å². The van der Waals surface area contributed by atoms with Crippen molar-refractivity contribution in [2.75, 3.05) is 0 Å². The normalized spacial score (nSPS) is 20.6. The number of nitrogens with zero attached hydrogens (tertiary/aromatic N) is 1. The molecule has 1 saturated carbocycles. The summed E-state index contributed by atoms with van der Waals surface area (Å²) in [6.45, 7) is 0. The van der Waals surface area contributed by atoms with Crippen LogP contribution in [0.4, 0.5) is 0 Å². The van der Waals surface area contributed by atoms with E-state index in [-0.39, 0.29) is 11.6 Å². The highest BCUT2D eigenvalue weighted by Gasteiger charge is 2.34. The largest absolute Gasteiger partial charge is 0.481 e. The van der Waals surface area contributed by atoms with Gasteiger partial charge in [-0.25, -0.2) is 0 Å². The van der Waals surface area contributed by atoms with Crippen LogP contribution in [0.15, 0.2) is 35.1 Å². The van der Waals surface area contributed by atoms with Gasteiger partial charge in [-0.2, -0.15) is 0 Å². The highest BCUT2D eigenvalue weighted by molar-refractivity contribution is 6.06. The molecule has 0 spiro atoms. The molecule has 1 aromatic heterocycles. The maximum absolute atomic E-state index is 12.6. The molecule has 2 atom stereocenters. The number of carbonyl (C=O) groups excluding carboxylic acids is 1. The smallest absolute Gasteiger partial charge is 0.308 e. The minimum absolute atomic E-state index is 0.268. The first-order valence-electron chi connectivity index (χ1n) is 7.61. The third-order valence-electron chi connectivity index (χ3n) is 4.55. The summed E-state index contributed by atoms with van der Waals surface area (Å²) in [4.78, 5) is 35.9. The van der Waals surface area contributed by atoms with Gasteiger partial charge in [0.05, 0.1) is 17.0 Å². The number of amides is 1. The lowest BCUT2D eigenvalue weighted by Gasteiger charge is -2.18. The zero-order valence-electron chi connectivity index (χ0n) is 12.8. The second-order valence-corrected chi connectivity index (χ2v) is 5.93. The van der Waals surface area contributed by atoms with E-state index in [4.69, 9.17) is 0 Å². The third kappa shape index (κ3) is 2.72. The van der Waals surface area contributed by atoms with Gasteiger partial charge in [-0.3, -0.25) is 14.4 Å². The SMILES string of the molecule is Cn1c(=O)cc(C(=O)N[C@@H]2CCC[C@@H]2C(=O)O)c2ccccc21. The highest BCUT2D eigenvalue weighted by Crippen LogP contribution is 2.26. The van der Waals surface area contributed by atoms with Crippen LogP contribution in [-0.2, 0) is 11.8 Å². The number of hydrogen-bond donors (Lipinski definition) is 2. The van der Waals surface area contributed by atoms with Crippen molar-refractivity contribution in [3.63, 3.8) is 0 Å². The molecule has 2 N–H and O–H groups in total. The van der Waals surface area contributed by atoms with Gasteiger partial charge in [-0.05, 0) is 18.9 Å². The summed E-state index contributed by atoms with van der Waals surface area (Å²) in [5.74, 6) is -1.84. The van der Waals surface area contributed by atoms with Gasteiger partial charge in [0.15, 0.2) is 0 Å². The van der Waals surface area contributed by atoms with Gasteiger partial charge in [-0.15, -0.1) is 0 Å². The first-order valence-corrected chi connectivity index (χ1v) is 7.61. The van der Waals surface area contributed by atoms with Crippen molar-refractivity contribution in [3.8, 4) is 0 Å². The second kappa shape index (κ2) is 5.87. The molecule has 6 heteroatoms. The number of aromatic nitrogens is 1. The molecule has 1 heterocycles. The van der Waals surface area contributed by atoms with Crippen LogP contribution >= 0.6 is 0 Å². The predicted octanol–water partition coefficient (Wildman–Crippen LogP) is 1.52. The molecule has 1 aliphatic rings. The molecule has 2 aromatic rings. The number of carboxylic acids is 1. The Balaban J connectivity index is 1.97. The van der Waals surface area contributed by atoms with Crippen LogP contribution in [-0.4, -0.2) is 27.6 Å². The van der Waals surface area contributed by atoms with Crippen molar-refractivity contribution in [2.45, 2.75) is 25.3 Å². The zero-order chi connectivity index (χ0) is 16.6. The molecule has 1 aliphatic carbocycles. The van der Waals surface area contributed by atoms with Crippen LogP contribution in [0.25, 0.3) is 10.9 Å². The van der Waals surface area contributed by atoms with Gasteiger partial charge in [0, 0.05) is 24.5 Å². The van der Waals surface area contributed by atoms with E-state index in [9.17, 15) is 19.5 Å². The number of nitrogens with one attached hydrogen (secondary N) is 1. The van der Waals surface area contributed by atoms with Gasteiger partial charge in [0.25, 0.3) is 11.5 Å². The Kier molecular flexibility index (Phi) is 3.90. The predicted molar refractivity (Wildman–Crippen MR) is 85.4 cm³/mol. The topological polar surface area (TPSA) is 88.4 Å².